The zero-order chi connectivity index (χ0) is 40.7. The van der Waals surface area contributed by atoms with Gasteiger partial charge in [-0.05, 0) is 107 Å². The molecule has 0 atom stereocenters. The Balaban J connectivity index is 1.06. The molecule has 62 heavy (non-hydrogen) atoms. The number of aromatic nitrogens is 1. The van der Waals surface area contributed by atoms with Crippen molar-refractivity contribution < 1.29 is 8.83 Å². The predicted octanol–water partition coefficient (Wildman–Crippen LogP) is 16.5. The topological polar surface area (TPSA) is 34.5 Å². The van der Waals surface area contributed by atoms with E-state index < -0.39 is 0 Å². The van der Waals surface area contributed by atoms with Gasteiger partial charge >= 0.3 is 0 Å². The highest BCUT2D eigenvalue weighted by molar-refractivity contribution is 6.20. The Morgan fingerprint density at radius 2 is 0.952 bits per heavy atom. The first-order chi connectivity index (χ1) is 30.8. The maximum absolute atomic E-state index is 6.78. The van der Waals surface area contributed by atoms with Gasteiger partial charge in [0.1, 0.15) is 22.3 Å². The van der Waals surface area contributed by atoms with E-state index in [1.54, 1.807) is 0 Å². The summed E-state index contributed by atoms with van der Waals surface area (Å²) in [4.78, 5) is 2.40. The summed E-state index contributed by atoms with van der Waals surface area (Å²) in [6.45, 7) is 0. The summed E-state index contributed by atoms with van der Waals surface area (Å²) in [5, 5.41) is 9.09. The van der Waals surface area contributed by atoms with Crippen LogP contribution in [0.4, 0.5) is 17.1 Å². The zero-order valence-corrected chi connectivity index (χ0v) is 33.5. The van der Waals surface area contributed by atoms with E-state index in [2.05, 4.69) is 216 Å². The first-order valence-electron chi connectivity index (χ1n) is 21.1. The molecule has 13 aromatic rings. The van der Waals surface area contributed by atoms with Gasteiger partial charge in [0.2, 0.25) is 0 Å². The largest absolute Gasteiger partial charge is 0.456 e. The number of hydrogen-bond donors (Lipinski definition) is 0. The molecule has 4 nitrogen and oxygen atoms in total. The summed E-state index contributed by atoms with van der Waals surface area (Å²) in [5.74, 6) is 0. The van der Waals surface area contributed by atoms with Crippen LogP contribution in [-0.2, 0) is 0 Å². The van der Waals surface area contributed by atoms with Crippen LogP contribution < -0.4 is 4.90 Å². The number of benzene rings is 10. The van der Waals surface area contributed by atoms with Crippen LogP contribution in [-0.4, -0.2) is 4.57 Å². The van der Waals surface area contributed by atoms with Crippen LogP contribution in [0, 0.1) is 0 Å². The second kappa shape index (κ2) is 13.6. The molecule has 0 bridgehead atoms. The third-order valence-corrected chi connectivity index (χ3v) is 12.6. The van der Waals surface area contributed by atoms with Gasteiger partial charge in [-0.2, -0.15) is 0 Å². The summed E-state index contributed by atoms with van der Waals surface area (Å²) >= 11 is 0. The summed E-state index contributed by atoms with van der Waals surface area (Å²) in [6.07, 6.45) is 0. The molecule has 3 heterocycles. The number of nitrogens with zero attached hydrogens (tertiary/aromatic N) is 2. The van der Waals surface area contributed by atoms with Crippen LogP contribution >= 0.6 is 0 Å². The Labute approximate surface area is 356 Å². The standard InChI is InChI=1S/C58H36N2O2/c1-2-18-40(19-3-1)60-49-27-8-6-23-46(49)55-43(25-12-28-50(55)60)38-16-10-20-41(35-38)59(51-29-14-32-54-57(51)48-34-33-37-15-4-5-22-45(37)58(48)62-54)42-21-11-17-39(36-42)44-26-13-31-53-56(44)47-24-7-9-30-52(47)61-53/h1-36H. The molecule has 0 spiro atoms. The van der Waals surface area contributed by atoms with Crippen molar-refractivity contribution >= 4 is 93.5 Å². The molecule has 4 heteroatoms. The van der Waals surface area contributed by atoms with E-state index in [-0.39, 0.29) is 0 Å². The Morgan fingerprint density at radius 3 is 1.76 bits per heavy atom. The molecule has 0 N–H and O–H groups in total. The maximum atomic E-state index is 6.78. The van der Waals surface area contributed by atoms with Crippen molar-refractivity contribution in [3.05, 3.63) is 218 Å². The molecular formula is C58H36N2O2. The van der Waals surface area contributed by atoms with Crippen molar-refractivity contribution in [2.24, 2.45) is 0 Å². The Bertz CT molecular complexity index is 3890. The highest BCUT2D eigenvalue weighted by Gasteiger charge is 2.23. The molecule has 10 aromatic carbocycles. The highest BCUT2D eigenvalue weighted by atomic mass is 16.3. The lowest BCUT2D eigenvalue weighted by Gasteiger charge is -2.27. The SMILES string of the molecule is c1ccc(-n2c3ccccc3c3c(-c4cccc(N(c5cccc(-c6cccc7oc8ccccc8c67)c5)c5cccc6oc7c8ccccc8ccc7c56)c4)cccc32)cc1. The van der Waals surface area contributed by atoms with E-state index in [0.29, 0.717) is 0 Å². The van der Waals surface area contributed by atoms with Gasteiger partial charge in [-0.3, -0.25) is 0 Å². The Hall–Kier alpha value is -8.34. The van der Waals surface area contributed by atoms with Gasteiger partial charge in [0.15, 0.2) is 0 Å². The van der Waals surface area contributed by atoms with Gasteiger partial charge in [-0.1, -0.05) is 140 Å². The van der Waals surface area contributed by atoms with E-state index >= 15 is 0 Å². The molecule has 0 amide bonds. The van der Waals surface area contributed by atoms with E-state index in [9.17, 15) is 0 Å². The van der Waals surface area contributed by atoms with Crippen molar-refractivity contribution in [1.82, 2.24) is 4.57 Å². The molecule has 0 aliphatic heterocycles. The lowest BCUT2D eigenvalue weighted by Crippen LogP contribution is -2.10. The van der Waals surface area contributed by atoms with E-state index in [1.807, 2.05) is 12.1 Å². The third-order valence-electron chi connectivity index (χ3n) is 12.6. The molecule has 0 saturated heterocycles. The number of furan rings is 2. The van der Waals surface area contributed by atoms with E-state index in [1.165, 1.54) is 27.4 Å². The van der Waals surface area contributed by atoms with Gasteiger partial charge in [-0.15, -0.1) is 0 Å². The summed E-state index contributed by atoms with van der Waals surface area (Å²) in [5.41, 5.74) is 14.7. The van der Waals surface area contributed by atoms with Crippen LogP contribution in [0.2, 0.25) is 0 Å². The number of anilines is 3. The van der Waals surface area contributed by atoms with Crippen LogP contribution in [0.15, 0.2) is 227 Å². The molecule has 0 fully saturated rings. The summed E-state index contributed by atoms with van der Waals surface area (Å²) < 4.78 is 15.5. The average molecular weight is 793 g/mol. The Morgan fingerprint density at radius 1 is 0.355 bits per heavy atom. The van der Waals surface area contributed by atoms with Crippen molar-refractivity contribution in [3.63, 3.8) is 0 Å². The second-order valence-corrected chi connectivity index (χ2v) is 16.0. The molecule has 0 saturated carbocycles. The minimum absolute atomic E-state index is 0.847. The molecular weight excluding hydrogens is 757 g/mol. The molecule has 290 valence electrons. The first kappa shape index (κ1) is 34.5. The summed E-state index contributed by atoms with van der Waals surface area (Å²) in [7, 11) is 0. The Kier molecular flexibility index (Phi) is 7.57. The molecule has 13 rings (SSSR count). The predicted molar refractivity (Wildman–Crippen MR) is 258 cm³/mol. The smallest absolute Gasteiger partial charge is 0.143 e. The zero-order valence-electron chi connectivity index (χ0n) is 33.5. The van der Waals surface area contributed by atoms with E-state index in [0.717, 1.165) is 94.1 Å². The summed E-state index contributed by atoms with van der Waals surface area (Å²) in [6, 6.07) is 78.0. The third kappa shape index (κ3) is 5.20. The first-order valence-corrected chi connectivity index (χ1v) is 21.1. The van der Waals surface area contributed by atoms with Gasteiger partial charge in [-0.25, -0.2) is 0 Å². The van der Waals surface area contributed by atoms with Gasteiger partial charge in [0.05, 0.1) is 22.1 Å². The van der Waals surface area contributed by atoms with Crippen molar-refractivity contribution in [1.29, 1.82) is 0 Å². The lowest BCUT2D eigenvalue weighted by atomic mass is 9.97. The minimum atomic E-state index is 0.847. The molecule has 0 unspecified atom stereocenters. The van der Waals surface area contributed by atoms with Crippen LogP contribution in [0.3, 0.4) is 0 Å². The number of para-hydroxylation sites is 3. The highest BCUT2D eigenvalue weighted by Crippen LogP contribution is 2.47. The lowest BCUT2D eigenvalue weighted by molar-refractivity contribution is 0.669. The molecule has 0 radical (unpaired) electrons. The van der Waals surface area contributed by atoms with Gasteiger partial charge in [0, 0.05) is 49.4 Å². The number of fused-ring (bicyclic) bond motifs is 11. The van der Waals surface area contributed by atoms with Gasteiger partial charge < -0.3 is 18.3 Å². The average Bonchev–Trinajstić information content (AvgIpc) is 4.02. The van der Waals surface area contributed by atoms with Gasteiger partial charge in [0.25, 0.3) is 0 Å². The second-order valence-electron chi connectivity index (χ2n) is 16.0. The molecule has 3 aromatic heterocycles. The monoisotopic (exact) mass is 792 g/mol. The van der Waals surface area contributed by atoms with E-state index in [4.69, 9.17) is 8.83 Å². The van der Waals surface area contributed by atoms with Crippen molar-refractivity contribution in [2.75, 3.05) is 4.90 Å². The maximum Gasteiger partial charge on any atom is 0.143 e. The fourth-order valence-electron chi connectivity index (χ4n) is 9.90. The normalized spacial score (nSPS) is 11.9. The van der Waals surface area contributed by atoms with Crippen LogP contribution in [0.25, 0.3) is 104 Å². The number of rotatable bonds is 6. The minimum Gasteiger partial charge on any atom is -0.456 e. The quantitative estimate of drug-likeness (QED) is 0.168. The van der Waals surface area contributed by atoms with Crippen LogP contribution in [0.1, 0.15) is 0 Å². The number of hydrogen-bond acceptors (Lipinski definition) is 3. The van der Waals surface area contributed by atoms with Crippen LogP contribution in [0.5, 0.6) is 0 Å². The van der Waals surface area contributed by atoms with Crippen molar-refractivity contribution in [2.45, 2.75) is 0 Å². The fourth-order valence-corrected chi connectivity index (χ4v) is 9.90. The van der Waals surface area contributed by atoms with Crippen molar-refractivity contribution in [3.8, 4) is 27.9 Å². The molecule has 0 aliphatic carbocycles. The molecule has 0 aliphatic rings. The fraction of sp³-hybridized carbons (Fsp3) is 0.